The van der Waals surface area contributed by atoms with E-state index in [1.165, 1.54) is 12.1 Å². The molecule has 4 heteroatoms. The van der Waals surface area contributed by atoms with E-state index in [-0.39, 0.29) is 5.82 Å². The summed E-state index contributed by atoms with van der Waals surface area (Å²) >= 11 is 0. The van der Waals surface area contributed by atoms with Gasteiger partial charge in [0.1, 0.15) is 11.6 Å². The number of H-pyrrole nitrogens is 1. The Labute approximate surface area is 104 Å². The van der Waals surface area contributed by atoms with E-state index < -0.39 is 0 Å². The van der Waals surface area contributed by atoms with E-state index >= 15 is 0 Å². The second-order valence-electron chi connectivity index (χ2n) is 4.06. The highest BCUT2D eigenvalue weighted by atomic mass is 19.1. The van der Waals surface area contributed by atoms with Crippen LogP contribution >= 0.6 is 0 Å². The third-order valence-corrected chi connectivity index (χ3v) is 2.73. The van der Waals surface area contributed by atoms with Gasteiger partial charge in [0.2, 0.25) is 0 Å². The van der Waals surface area contributed by atoms with Gasteiger partial charge in [-0.05, 0) is 30.3 Å². The minimum absolute atomic E-state index is 0.256. The predicted molar refractivity (Wildman–Crippen MR) is 69.8 cm³/mol. The third-order valence-electron chi connectivity index (χ3n) is 2.73. The van der Waals surface area contributed by atoms with Gasteiger partial charge in [0, 0.05) is 5.69 Å². The highest BCUT2D eigenvalue weighted by molar-refractivity contribution is 5.75. The van der Waals surface area contributed by atoms with Crippen LogP contribution in [0.25, 0.3) is 11.0 Å². The average Bonchev–Trinajstić information content (AvgIpc) is 2.79. The van der Waals surface area contributed by atoms with E-state index in [2.05, 4.69) is 15.3 Å². The van der Waals surface area contributed by atoms with Crippen molar-refractivity contribution in [3.05, 3.63) is 60.2 Å². The molecule has 2 aromatic carbocycles. The molecule has 0 radical (unpaired) electrons. The lowest BCUT2D eigenvalue weighted by molar-refractivity contribution is 0.629. The van der Waals surface area contributed by atoms with Gasteiger partial charge in [0.25, 0.3) is 0 Å². The van der Waals surface area contributed by atoms with Crippen molar-refractivity contribution >= 4 is 16.7 Å². The van der Waals surface area contributed by atoms with Gasteiger partial charge in [0.15, 0.2) is 0 Å². The summed E-state index contributed by atoms with van der Waals surface area (Å²) < 4.78 is 13.0. The molecule has 90 valence electrons. The quantitative estimate of drug-likeness (QED) is 0.738. The number of hydrogen-bond donors (Lipinski definition) is 2. The second kappa shape index (κ2) is 4.49. The highest BCUT2D eigenvalue weighted by Crippen LogP contribution is 2.14. The van der Waals surface area contributed by atoms with Crippen LogP contribution in [0.3, 0.4) is 0 Å². The molecule has 0 aliphatic heterocycles. The number of nitrogens with zero attached hydrogens (tertiary/aromatic N) is 1. The summed E-state index contributed by atoms with van der Waals surface area (Å²) in [6.07, 6.45) is 0. The van der Waals surface area contributed by atoms with Crippen LogP contribution in [0.2, 0.25) is 0 Å². The first kappa shape index (κ1) is 10.8. The number of benzene rings is 2. The number of anilines is 1. The highest BCUT2D eigenvalue weighted by Gasteiger charge is 2.03. The van der Waals surface area contributed by atoms with Crippen molar-refractivity contribution in [2.45, 2.75) is 6.54 Å². The largest absolute Gasteiger partial charge is 0.378 e. The normalized spacial score (nSPS) is 10.7. The van der Waals surface area contributed by atoms with Crippen molar-refractivity contribution in [1.29, 1.82) is 0 Å². The molecule has 0 bridgehead atoms. The van der Waals surface area contributed by atoms with Gasteiger partial charge in [-0.1, -0.05) is 18.2 Å². The number of nitrogens with one attached hydrogen (secondary N) is 2. The Morgan fingerprint density at radius 1 is 1.11 bits per heavy atom. The van der Waals surface area contributed by atoms with Crippen LogP contribution in [0.5, 0.6) is 0 Å². The number of hydrogen-bond acceptors (Lipinski definition) is 2. The summed E-state index contributed by atoms with van der Waals surface area (Å²) in [5.74, 6) is 0.535. The maximum Gasteiger partial charge on any atom is 0.126 e. The monoisotopic (exact) mass is 241 g/mol. The van der Waals surface area contributed by atoms with Crippen molar-refractivity contribution in [3.63, 3.8) is 0 Å². The summed E-state index contributed by atoms with van der Waals surface area (Å²) in [6, 6.07) is 14.4. The number of fused-ring (bicyclic) bond motifs is 1. The molecule has 0 spiro atoms. The third kappa shape index (κ3) is 2.18. The van der Waals surface area contributed by atoms with Gasteiger partial charge >= 0.3 is 0 Å². The summed E-state index contributed by atoms with van der Waals surface area (Å²) in [6.45, 7) is 0.584. The molecule has 0 saturated heterocycles. The standard InChI is InChI=1S/C14H12FN3/c15-10-6-7-12-13(8-10)18-14(17-12)9-16-11-4-2-1-3-5-11/h1-8,16H,9H2,(H,17,18). The first-order chi connectivity index (χ1) is 8.81. The van der Waals surface area contributed by atoms with Gasteiger partial charge in [-0.15, -0.1) is 0 Å². The van der Waals surface area contributed by atoms with Crippen LogP contribution < -0.4 is 5.32 Å². The average molecular weight is 241 g/mol. The molecule has 1 aromatic heterocycles. The summed E-state index contributed by atoms with van der Waals surface area (Å²) in [7, 11) is 0. The van der Waals surface area contributed by atoms with Crippen molar-refractivity contribution in [3.8, 4) is 0 Å². The van der Waals surface area contributed by atoms with Gasteiger partial charge in [-0.2, -0.15) is 0 Å². The Morgan fingerprint density at radius 3 is 2.78 bits per heavy atom. The van der Waals surface area contributed by atoms with Crippen molar-refractivity contribution in [2.75, 3.05) is 5.32 Å². The van der Waals surface area contributed by atoms with Crippen molar-refractivity contribution in [2.24, 2.45) is 0 Å². The van der Waals surface area contributed by atoms with Gasteiger partial charge in [-0.3, -0.25) is 0 Å². The number of halogens is 1. The SMILES string of the molecule is Fc1ccc2nc(CNc3ccccc3)[nH]c2c1. The van der Waals surface area contributed by atoms with Crippen LogP contribution in [0.15, 0.2) is 48.5 Å². The van der Waals surface area contributed by atoms with Gasteiger partial charge < -0.3 is 10.3 Å². The van der Waals surface area contributed by atoms with E-state index in [0.29, 0.717) is 6.54 Å². The molecule has 0 unspecified atom stereocenters. The molecule has 0 fully saturated rings. The molecule has 0 aliphatic rings. The molecular formula is C14H12FN3. The molecule has 0 amide bonds. The molecule has 1 heterocycles. The van der Waals surface area contributed by atoms with Crippen molar-refractivity contribution < 1.29 is 4.39 Å². The topological polar surface area (TPSA) is 40.7 Å². The van der Waals surface area contributed by atoms with Crippen LogP contribution in [0.1, 0.15) is 5.82 Å². The molecule has 2 N–H and O–H groups in total. The van der Waals surface area contributed by atoms with Crippen LogP contribution in [0.4, 0.5) is 10.1 Å². The lowest BCUT2D eigenvalue weighted by atomic mass is 10.3. The zero-order chi connectivity index (χ0) is 12.4. The molecule has 0 aliphatic carbocycles. The number of para-hydroxylation sites is 1. The second-order valence-corrected chi connectivity index (χ2v) is 4.06. The van der Waals surface area contributed by atoms with E-state index in [9.17, 15) is 4.39 Å². The molecule has 0 atom stereocenters. The number of aromatic nitrogens is 2. The maximum atomic E-state index is 13.0. The minimum Gasteiger partial charge on any atom is -0.378 e. The van der Waals surface area contributed by atoms with Crippen molar-refractivity contribution in [1.82, 2.24) is 9.97 Å². The predicted octanol–water partition coefficient (Wildman–Crippen LogP) is 3.31. The van der Waals surface area contributed by atoms with Crippen LogP contribution in [-0.2, 0) is 6.54 Å². The Hall–Kier alpha value is -2.36. The van der Waals surface area contributed by atoms with E-state index in [1.54, 1.807) is 6.07 Å². The van der Waals surface area contributed by atoms with Gasteiger partial charge in [0.05, 0.1) is 17.6 Å². The molecule has 3 nitrogen and oxygen atoms in total. The van der Waals surface area contributed by atoms with Crippen LogP contribution in [0, 0.1) is 5.82 Å². The Balaban J connectivity index is 1.79. The number of imidazole rings is 1. The summed E-state index contributed by atoms with van der Waals surface area (Å²) in [5.41, 5.74) is 2.53. The van der Waals surface area contributed by atoms with E-state index in [0.717, 1.165) is 22.5 Å². The van der Waals surface area contributed by atoms with Crippen LogP contribution in [-0.4, -0.2) is 9.97 Å². The maximum absolute atomic E-state index is 13.0. The number of aromatic amines is 1. The fraction of sp³-hybridized carbons (Fsp3) is 0.0714. The fourth-order valence-corrected chi connectivity index (χ4v) is 1.86. The smallest absolute Gasteiger partial charge is 0.126 e. The lowest BCUT2D eigenvalue weighted by Gasteiger charge is -2.02. The van der Waals surface area contributed by atoms with E-state index in [1.807, 2.05) is 30.3 Å². The first-order valence-electron chi connectivity index (χ1n) is 5.74. The molecule has 3 rings (SSSR count). The zero-order valence-corrected chi connectivity index (χ0v) is 9.65. The molecule has 0 saturated carbocycles. The summed E-state index contributed by atoms with van der Waals surface area (Å²) in [4.78, 5) is 7.48. The van der Waals surface area contributed by atoms with E-state index in [4.69, 9.17) is 0 Å². The minimum atomic E-state index is -0.256. The number of rotatable bonds is 3. The Morgan fingerprint density at radius 2 is 1.94 bits per heavy atom. The fourth-order valence-electron chi connectivity index (χ4n) is 1.86. The molecule has 3 aromatic rings. The zero-order valence-electron chi connectivity index (χ0n) is 9.65. The first-order valence-corrected chi connectivity index (χ1v) is 5.74. The Kier molecular flexibility index (Phi) is 2.68. The Bertz CT molecular complexity index is 661. The molecular weight excluding hydrogens is 229 g/mol. The molecule has 18 heavy (non-hydrogen) atoms. The van der Waals surface area contributed by atoms with Gasteiger partial charge in [-0.25, -0.2) is 9.37 Å². The lowest BCUT2D eigenvalue weighted by Crippen LogP contribution is -2.00. The summed E-state index contributed by atoms with van der Waals surface area (Å²) in [5, 5.41) is 3.25.